The molecule has 2 rings (SSSR count). The maximum absolute atomic E-state index is 9.24. The van der Waals surface area contributed by atoms with E-state index in [-0.39, 0.29) is 0 Å². The van der Waals surface area contributed by atoms with E-state index in [0.29, 0.717) is 17.8 Å². The Morgan fingerprint density at radius 2 is 1.83 bits per heavy atom. The van der Waals surface area contributed by atoms with E-state index in [2.05, 4.69) is 6.92 Å². The standard InChI is InChI=1S/C16H24O2/c1-13(11-14-7-9-15(17)10-8-14)12-18-16-5-3-2-4-6-16/h7-10,13,16-17H,2-6,11-12H2,1H3. The zero-order valence-corrected chi connectivity index (χ0v) is 11.3. The van der Waals surface area contributed by atoms with Gasteiger partial charge in [0.25, 0.3) is 0 Å². The van der Waals surface area contributed by atoms with Gasteiger partial charge in [-0.15, -0.1) is 0 Å². The zero-order valence-electron chi connectivity index (χ0n) is 11.3. The summed E-state index contributed by atoms with van der Waals surface area (Å²) in [5.74, 6) is 0.876. The molecule has 1 atom stereocenters. The first kappa shape index (κ1) is 13.4. The summed E-state index contributed by atoms with van der Waals surface area (Å²) < 4.78 is 5.99. The Labute approximate surface area is 110 Å². The maximum atomic E-state index is 9.24. The maximum Gasteiger partial charge on any atom is 0.115 e. The van der Waals surface area contributed by atoms with E-state index >= 15 is 0 Å². The Hall–Kier alpha value is -1.02. The highest BCUT2D eigenvalue weighted by Crippen LogP contribution is 2.21. The Kier molecular flexibility index (Phi) is 5.06. The van der Waals surface area contributed by atoms with Gasteiger partial charge in [0.05, 0.1) is 6.10 Å². The molecule has 0 amide bonds. The number of hydrogen-bond acceptors (Lipinski definition) is 2. The third-order valence-electron chi connectivity index (χ3n) is 3.69. The third kappa shape index (κ3) is 4.34. The van der Waals surface area contributed by atoms with Gasteiger partial charge in [-0.2, -0.15) is 0 Å². The largest absolute Gasteiger partial charge is 0.508 e. The molecule has 1 unspecified atom stereocenters. The average Bonchev–Trinajstić information content (AvgIpc) is 2.40. The minimum Gasteiger partial charge on any atom is -0.508 e. The van der Waals surface area contributed by atoms with E-state index < -0.39 is 0 Å². The SMILES string of the molecule is CC(COC1CCCCC1)Cc1ccc(O)cc1. The molecule has 1 aliphatic carbocycles. The summed E-state index contributed by atoms with van der Waals surface area (Å²) >= 11 is 0. The van der Waals surface area contributed by atoms with Crippen molar-refractivity contribution in [1.82, 2.24) is 0 Å². The fourth-order valence-electron chi connectivity index (χ4n) is 2.63. The van der Waals surface area contributed by atoms with Gasteiger partial charge >= 0.3 is 0 Å². The molecule has 18 heavy (non-hydrogen) atoms. The van der Waals surface area contributed by atoms with Crippen LogP contribution < -0.4 is 0 Å². The van der Waals surface area contributed by atoms with E-state index in [4.69, 9.17) is 4.74 Å². The van der Waals surface area contributed by atoms with Crippen molar-refractivity contribution in [2.45, 2.75) is 51.6 Å². The molecule has 0 radical (unpaired) electrons. The lowest BCUT2D eigenvalue weighted by Gasteiger charge is -2.23. The minimum atomic E-state index is 0.338. The molecule has 0 spiro atoms. The molecule has 1 aromatic carbocycles. The summed E-state index contributed by atoms with van der Waals surface area (Å²) in [6.07, 6.45) is 8.04. The molecule has 1 aromatic rings. The number of rotatable bonds is 5. The molecule has 0 heterocycles. The Balaban J connectivity index is 1.71. The Morgan fingerprint density at radius 3 is 2.50 bits per heavy atom. The fraction of sp³-hybridized carbons (Fsp3) is 0.625. The van der Waals surface area contributed by atoms with Gasteiger partial charge in [0.2, 0.25) is 0 Å². The van der Waals surface area contributed by atoms with Crippen LogP contribution in [0.15, 0.2) is 24.3 Å². The summed E-state index contributed by atoms with van der Waals surface area (Å²) in [6.45, 7) is 3.08. The Bertz CT molecular complexity index is 339. The van der Waals surface area contributed by atoms with Crippen molar-refractivity contribution < 1.29 is 9.84 Å². The first-order valence-electron chi connectivity index (χ1n) is 7.13. The monoisotopic (exact) mass is 248 g/mol. The molecule has 0 aromatic heterocycles. The quantitative estimate of drug-likeness (QED) is 0.855. The number of phenols is 1. The summed E-state index contributed by atoms with van der Waals surface area (Å²) in [4.78, 5) is 0. The fourth-order valence-corrected chi connectivity index (χ4v) is 2.63. The first-order valence-corrected chi connectivity index (χ1v) is 7.13. The van der Waals surface area contributed by atoms with Gasteiger partial charge in [0, 0.05) is 6.61 Å². The van der Waals surface area contributed by atoms with Crippen LogP contribution in [0.25, 0.3) is 0 Å². The number of aromatic hydroxyl groups is 1. The molecule has 0 bridgehead atoms. The molecule has 1 saturated carbocycles. The van der Waals surface area contributed by atoms with Crippen molar-refractivity contribution in [3.63, 3.8) is 0 Å². The molecule has 0 aliphatic heterocycles. The van der Waals surface area contributed by atoms with Crippen molar-refractivity contribution >= 4 is 0 Å². The van der Waals surface area contributed by atoms with Crippen molar-refractivity contribution in [3.05, 3.63) is 29.8 Å². The number of ether oxygens (including phenoxy) is 1. The van der Waals surface area contributed by atoms with Crippen LogP contribution >= 0.6 is 0 Å². The molecule has 100 valence electrons. The number of hydrogen-bond donors (Lipinski definition) is 1. The van der Waals surface area contributed by atoms with E-state index in [9.17, 15) is 5.11 Å². The third-order valence-corrected chi connectivity index (χ3v) is 3.69. The lowest BCUT2D eigenvalue weighted by Crippen LogP contribution is -2.20. The van der Waals surface area contributed by atoms with Crippen LogP contribution in [0.2, 0.25) is 0 Å². The van der Waals surface area contributed by atoms with Gasteiger partial charge in [-0.1, -0.05) is 38.3 Å². The highest BCUT2D eigenvalue weighted by molar-refractivity contribution is 5.26. The van der Waals surface area contributed by atoms with E-state index in [1.807, 2.05) is 12.1 Å². The van der Waals surface area contributed by atoms with Crippen LogP contribution in [-0.4, -0.2) is 17.8 Å². The van der Waals surface area contributed by atoms with E-state index in [0.717, 1.165) is 13.0 Å². The molecule has 1 N–H and O–H groups in total. The second-order valence-corrected chi connectivity index (χ2v) is 5.57. The van der Waals surface area contributed by atoms with Gasteiger partial charge in [0.1, 0.15) is 5.75 Å². The van der Waals surface area contributed by atoms with Crippen LogP contribution in [0.1, 0.15) is 44.6 Å². The molecule has 1 fully saturated rings. The summed E-state index contributed by atoms with van der Waals surface area (Å²) in [5, 5.41) is 9.24. The van der Waals surface area contributed by atoms with E-state index in [1.165, 1.54) is 37.7 Å². The molecule has 2 nitrogen and oxygen atoms in total. The van der Waals surface area contributed by atoms with Crippen LogP contribution in [0, 0.1) is 5.92 Å². The normalized spacial score (nSPS) is 18.7. The predicted octanol–water partition coefficient (Wildman–Crippen LogP) is 3.92. The predicted molar refractivity (Wildman–Crippen MR) is 73.8 cm³/mol. The van der Waals surface area contributed by atoms with Crippen LogP contribution in [0.4, 0.5) is 0 Å². The lowest BCUT2D eigenvalue weighted by atomic mass is 9.97. The second-order valence-electron chi connectivity index (χ2n) is 5.57. The highest BCUT2D eigenvalue weighted by atomic mass is 16.5. The van der Waals surface area contributed by atoms with Gasteiger partial charge in [0.15, 0.2) is 0 Å². The lowest BCUT2D eigenvalue weighted by molar-refractivity contribution is 0.0109. The zero-order chi connectivity index (χ0) is 12.8. The molecule has 0 saturated heterocycles. The van der Waals surface area contributed by atoms with Crippen molar-refractivity contribution in [3.8, 4) is 5.75 Å². The minimum absolute atomic E-state index is 0.338. The summed E-state index contributed by atoms with van der Waals surface area (Å²) in [7, 11) is 0. The number of benzene rings is 1. The highest BCUT2D eigenvalue weighted by Gasteiger charge is 2.15. The van der Waals surface area contributed by atoms with Gasteiger partial charge < -0.3 is 9.84 Å². The first-order chi connectivity index (χ1) is 8.74. The topological polar surface area (TPSA) is 29.5 Å². The van der Waals surface area contributed by atoms with Crippen LogP contribution in [0.3, 0.4) is 0 Å². The average molecular weight is 248 g/mol. The smallest absolute Gasteiger partial charge is 0.115 e. The van der Waals surface area contributed by atoms with Crippen LogP contribution in [0.5, 0.6) is 5.75 Å². The van der Waals surface area contributed by atoms with E-state index in [1.54, 1.807) is 12.1 Å². The molecular weight excluding hydrogens is 224 g/mol. The molecule has 1 aliphatic rings. The summed E-state index contributed by atoms with van der Waals surface area (Å²) in [5.41, 5.74) is 1.27. The van der Waals surface area contributed by atoms with Gasteiger partial charge in [-0.25, -0.2) is 0 Å². The number of phenolic OH excluding ortho intramolecular Hbond substituents is 1. The summed E-state index contributed by atoms with van der Waals surface area (Å²) in [6, 6.07) is 7.49. The molecule has 2 heteroatoms. The van der Waals surface area contributed by atoms with Crippen molar-refractivity contribution in [1.29, 1.82) is 0 Å². The molecular formula is C16H24O2. The second kappa shape index (κ2) is 6.79. The van der Waals surface area contributed by atoms with Crippen molar-refractivity contribution in [2.75, 3.05) is 6.61 Å². The van der Waals surface area contributed by atoms with Crippen LogP contribution in [-0.2, 0) is 11.2 Å². The van der Waals surface area contributed by atoms with Gasteiger partial charge in [-0.3, -0.25) is 0 Å². The van der Waals surface area contributed by atoms with Gasteiger partial charge in [-0.05, 0) is 42.9 Å². The Morgan fingerprint density at radius 1 is 1.17 bits per heavy atom. The van der Waals surface area contributed by atoms with Crippen molar-refractivity contribution in [2.24, 2.45) is 5.92 Å².